The number of hydrogen-bond donors (Lipinski definition) is 0. The fraction of sp³-hybridized carbons (Fsp3) is 0.231. The molecule has 0 aromatic carbocycles. The van der Waals surface area contributed by atoms with Crippen LogP contribution in [0.5, 0.6) is 0 Å². The molecule has 16 heavy (non-hydrogen) atoms. The highest BCUT2D eigenvalue weighted by molar-refractivity contribution is 5.66. The molecule has 2 heterocycles. The maximum absolute atomic E-state index is 4.16. The van der Waals surface area contributed by atoms with E-state index in [-0.39, 0.29) is 0 Å². The Morgan fingerprint density at radius 2 is 1.31 bits per heavy atom. The molecule has 2 rings (SSSR count). The molecule has 0 N–H and O–H groups in total. The normalized spacial score (nSPS) is 10.2. The van der Waals surface area contributed by atoms with E-state index in [9.17, 15) is 0 Å². The molecule has 0 aliphatic rings. The van der Waals surface area contributed by atoms with E-state index in [0.29, 0.717) is 0 Å². The number of aromatic nitrogens is 2. The van der Waals surface area contributed by atoms with Gasteiger partial charge in [0, 0.05) is 19.4 Å². The summed E-state index contributed by atoms with van der Waals surface area (Å²) in [6.07, 6.45) is 7.37. The van der Waals surface area contributed by atoms with Crippen LogP contribution in [0.2, 0.25) is 0 Å². The van der Waals surface area contributed by atoms with Gasteiger partial charge in [0.2, 0.25) is 0 Å². The van der Waals surface area contributed by atoms with Gasteiger partial charge >= 0.3 is 0 Å². The molecular weight excluding hydrogens is 198 g/mol. The largest absolute Gasteiger partial charge is 0.342 e. The molecule has 3 heteroatoms. The van der Waals surface area contributed by atoms with Crippen LogP contribution in [0.4, 0.5) is 11.4 Å². The average Bonchev–Trinajstić information content (AvgIpc) is 2.29. The van der Waals surface area contributed by atoms with Crippen LogP contribution in [0.3, 0.4) is 0 Å². The summed E-state index contributed by atoms with van der Waals surface area (Å²) in [5.74, 6) is 0. The van der Waals surface area contributed by atoms with Crippen molar-refractivity contribution >= 4 is 11.4 Å². The Kier molecular flexibility index (Phi) is 2.86. The van der Waals surface area contributed by atoms with Crippen molar-refractivity contribution in [1.82, 2.24) is 9.97 Å². The molecule has 0 fully saturated rings. The second-order valence-corrected chi connectivity index (χ2v) is 3.88. The fourth-order valence-electron chi connectivity index (χ4n) is 1.74. The smallest absolute Gasteiger partial charge is 0.0624 e. The van der Waals surface area contributed by atoms with Crippen molar-refractivity contribution in [1.29, 1.82) is 0 Å². The third kappa shape index (κ3) is 1.89. The van der Waals surface area contributed by atoms with Gasteiger partial charge in [-0.25, -0.2) is 0 Å². The fourth-order valence-corrected chi connectivity index (χ4v) is 1.74. The first-order valence-electron chi connectivity index (χ1n) is 5.25. The van der Waals surface area contributed by atoms with Gasteiger partial charge in [0.25, 0.3) is 0 Å². The molecule has 0 atom stereocenters. The highest BCUT2D eigenvalue weighted by atomic mass is 15.1. The molecule has 0 amide bonds. The standard InChI is InChI=1S/C13H15N3/c1-10-4-6-14-8-12(10)16(3)13-9-15-7-5-11(13)2/h4-9H,1-3H3. The summed E-state index contributed by atoms with van der Waals surface area (Å²) < 4.78 is 0. The SMILES string of the molecule is Cc1ccncc1N(C)c1cnccc1C. The second-order valence-electron chi connectivity index (χ2n) is 3.88. The van der Waals surface area contributed by atoms with E-state index in [4.69, 9.17) is 0 Å². The third-order valence-electron chi connectivity index (χ3n) is 2.75. The lowest BCUT2D eigenvalue weighted by molar-refractivity contribution is 1.11. The zero-order valence-corrected chi connectivity index (χ0v) is 9.81. The van der Waals surface area contributed by atoms with Crippen molar-refractivity contribution in [3.8, 4) is 0 Å². The predicted molar refractivity (Wildman–Crippen MR) is 66.0 cm³/mol. The predicted octanol–water partition coefficient (Wildman–Crippen LogP) is 2.86. The van der Waals surface area contributed by atoms with Gasteiger partial charge in [0.15, 0.2) is 0 Å². The maximum Gasteiger partial charge on any atom is 0.0624 e. The lowest BCUT2D eigenvalue weighted by atomic mass is 10.2. The number of anilines is 2. The quantitative estimate of drug-likeness (QED) is 0.768. The van der Waals surface area contributed by atoms with Crippen molar-refractivity contribution in [3.63, 3.8) is 0 Å². The molecule has 0 bridgehead atoms. The zero-order chi connectivity index (χ0) is 11.5. The van der Waals surface area contributed by atoms with Crippen molar-refractivity contribution < 1.29 is 0 Å². The van der Waals surface area contributed by atoms with Crippen LogP contribution in [0.25, 0.3) is 0 Å². The minimum atomic E-state index is 1.11. The molecule has 0 saturated heterocycles. The van der Waals surface area contributed by atoms with Gasteiger partial charge in [-0.05, 0) is 37.1 Å². The first-order chi connectivity index (χ1) is 7.70. The summed E-state index contributed by atoms with van der Waals surface area (Å²) in [7, 11) is 2.04. The molecule has 0 aliphatic carbocycles. The molecule has 82 valence electrons. The van der Waals surface area contributed by atoms with Gasteiger partial charge in [-0.3, -0.25) is 9.97 Å². The number of nitrogens with zero attached hydrogens (tertiary/aromatic N) is 3. The Labute approximate surface area is 95.8 Å². The summed E-state index contributed by atoms with van der Waals surface area (Å²) in [6.45, 7) is 4.17. The van der Waals surface area contributed by atoms with Crippen LogP contribution < -0.4 is 4.90 Å². The molecule has 0 unspecified atom stereocenters. The van der Waals surface area contributed by atoms with Crippen LogP contribution in [0, 0.1) is 13.8 Å². The molecule has 0 spiro atoms. The summed E-state index contributed by atoms with van der Waals surface area (Å²) >= 11 is 0. The van der Waals surface area contributed by atoms with Gasteiger partial charge in [-0.1, -0.05) is 0 Å². The van der Waals surface area contributed by atoms with Crippen LogP contribution in [0.15, 0.2) is 36.9 Å². The molecule has 2 aromatic heterocycles. The van der Waals surface area contributed by atoms with Crippen LogP contribution in [-0.2, 0) is 0 Å². The minimum Gasteiger partial charge on any atom is -0.342 e. The highest BCUT2D eigenvalue weighted by Gasteiger charge is 2.08. The van der Waals surface area contributed by atoms with Crippen molar-refractivity contribution in [3.05, 3.63) is 48.0 Å². The van der Waals surface area contributed by atoms with Crippen molar-refractivity contribution in [2.75, 3.05) is 11.9 Å². The molecule has 2 aromatic rings. The Balaban J connectivity index is 2.44. The zero-order valence-electron chi connectivity index (χ0n) is 9.81. The molecule has 0 radical (unpaired) electrons. The third-order valence-corrected chi connectivity index (χ3v) is 2.75. The van der Waals surface area contributed by atoms with E-state index >= 15 is 0 Å². The van der Waals surface area contributed by atoms with E-state index in [1.54, 1.807) is 0 Å². The highest BCUT2D eigenvalue weighted by Crippen LogP contribution is 2.27. The van der Waals surface area contributed by atoms with Crippen molar-refractivity contribution in [2.24, 2.45) is 0 Å². The number of pyridine rings is 2. The van der Waals surface area contributed by atoms with E-state index < -0.39 is 0 Å². The van der Waals surface area contributed by atoms with Crippen molar-refractivity contribution in [2.45, 2.75) is 13.8 Å². The average molecular weight is 213 g/mol. The monoisotopic (exact) mass is 213 g/mol. The number of rotatable bonds is 2. The van der Waals surface area contributed by atoms with E-state index in [1.165, 1.54) is 11.1 Å². The van der Waals surface area contributed by atoms with Crippen LogP contribution >= 0.6 is 0 Å². The van der Waals surface area contributed by atoms with Gasteiger partial charge in [-0.15, -0.1) is 0 Å². The first kappa shape index (κ1) is 10.6. The minimum absolute atomic E-state index is 1.11. The topological polar surface area (TPSA) is 29.0 Å². The Morgan fingerprint density at radius 1 is 0.875 bits per heavy atom. The van der Waals surface area contributed by atoms with E-state index in [2.05, 4.69) is 28.7 Å². The summed E-state index contributed by atoms with van der Waals surface area (Å²) in [4.78, 5) is 10.4. The van der Waals surface area contributed by atoms with Gasteiger partial charge in [-0.2, -0.15) is 0 Å². The van der Waals surface area contributed by atoms with Gasteiger partial charge < -0.3 is 4.90 Å². The Morgan fingerprint density at radius 3 is 1.69 bits per heavy atom. The Hall–Kier alpha value is -1.90. The van der Waals surface area contributed by atoms with Gasteiger partial charge in [0.05, 0.1) is 23.8 Å². The Bertz CT molecular complexity index is 449. The molecule has 3 nitrogen and oxygen atoms in total. The maximum atomic E-state index is 4.16. The molecular formula is C13H15N3. The molecule has 0 saturated carbocycles. The summed E-state index contributed by atoms with van der Waals surface area (Å²) in [6, 6.07) is 4.02. The van der Waals surface area contributed by atoms with Crippen LogP contribution in [-0.4, -0.2) is 17.0 Å². The molecule has 0 aliphatic heterocycles. The lowest BCUT2D eigenvalue weighted by Gasteiger charge is -2.22. The van der Waals surface area contributed by atoms with Crippen LogP contribution in [0.1, 0.15) is 11.1 Å². The van der Waals surface area contributed by atoms with E-state index in [0.717, 1.165) is 11.4 Å². The lowest BCUT2D eigenvalue weighted by Crippen LogP contribution is -2.12. The van der Waals surface area contributed by atoms with Gasteiger partial charge in [0.1, 0.15) is 0 Å². The first-order valence-corrected chi connectivity index (χ1v) is 5.25. The number of hydrogen-bond acceptors (Lipinski definition) is 3. The summed E-state index contributed by atoms with van der Waals surface area (Å²) in [5, 5.41) is 0. The van der Waals surface area contributed by atoms with E-state index in [1.807, 2.05) is 44.0 Å². The number of aryl methyl sites for hydroxylation is 2. The summed E-state index contributed by atoms with van der Waals surface area (Å²) in [5.41, 5.74) is 4.64. The second kappa shape index (κ2) is 4.31.